The molecule has 2 heteroatoms. The van der Waals surface area contributed by atoms with Crippen molar-refractivity contribution < 1.29 is 5.11 Å². The van der Waals surface area contributed by atoms with Gasteiger partial charge in [0.05, 0.1) is 5.60 Å². The molecule has 1 nitrogen and oxygen atoms in total. The fourth-order valence-electron chi connectivity index (χ4n) is 3.60. The molecule has 18 heavy (non-hydrogen) atoms. The van der Waals surface area contributed by atoms with Gasteiger partial charge in [-0.25, -0.2) is 0 Å². The molecule has 0 aliphatic carbocycles. The van der Waals surface area contributed by atoms with Crippen molar-refractivity contribution in [2.24, 2.45) is 0 Å². The Balaban J connectivity index is 2.01. The molecule has 2 fully saturated rings. The van der Waals surface area contributed by atoms with Crippen molar-refractivity contribution in [1.82, 2.24) is 0 Å². The number of aryl methyl sites for hydroxylation is 3. The topological polar surface area (TPSA) is 20.2 Å². The summed E-state index contributed by atoms with van der Waals surface area (Å²) in [7, 11) is 0. The second-order valence-corrected chi connectivity index (χ2v) is 7.75. The molecule has 0 saturated carbocycles. The summed E-state index contributed by atoms with van der Waals surface area (Å²) in [5, 5.41) is 12.5. The van der Waals surface area contributed by atoms with Gasteiger partial charge in [-0.15, -0.1) is 0 Å². The lowest BCUT2D eigenvalue weighted by Crippen LogP contribution is -2.35. The first-order valence-electron chi connectivity index (χ1n) is 6.94. The molecule has 0 spiro atoms. The van der Waals surface area contributed by atoms with Crippen LogP contribution in [0.25, 0.3) is 0 Å². The maximum atomic E-state index is 11.1. The van der Waals surface area contributed by atoms with E-state index in [0.29, 0.717) is 10.5 Å². The highest BCUT2D eigenvalue weighted by Crippen LogP contribution is 2.51. The minimum Gasteiger partial charge on any atom is -0.385 e. The van der Waals surface area contributed by atoms with Crippen molar-refractivity contribution in [3.8, 4) is 0 Å². The molecule has 98 valence electrons. The number of fused-ring (bicyclic) bond motifs is 2. The third-order valence-electron chi connectivity index (χ3n) is 4.67. The number of thioether (sulfide) groups is 1. The fourth-order valence-corrected chi connectivity index (χ4v) is 5.43. The molecule has 2 atom stereocenters. The molecular formula is C16H22OS. The second-order valence-electron chi connectivity index (χ2n) is 6.15. The molecule has 1 N–H and O–H groups in total. The Labute approximate surface area is 114 Å². The lowest BCUT2D eigenvalue weighted by Gasteiger charge is -2.37. The first-order chi connectivity index (χ1) is 8.48. The minimum absolute atomic E-state index is 0.570. The van der Waals surface area contributed by atoms with Crippen LogP contribution < -0.4 is 0 Å². The van der Waals surface area contributed by atoms with E-state index in [4.69, 9.17) is 0 Å². The van der Waals surface area contributed by atoms with E-state index in [1.165, 1.54) is 35.1 Å². The fraction of sp³-hybridized carbons (Fsp3) is 0.625. The Kier molecular flexibility index (Phi) is 2.98. The normalized spacial score (nSPS) is 34.9. The Morgan fingerprint density at radius 1 is 1.00 bits per heavy atom. The molecule has 3 rings (SSSR count). The largest absolute Gasteiger partial charge is 0.385 e. The van der Waals surface area contributed by atoms with Gasteiger partial charge in [-0.1, -0.05) is 12.1 Å². The van der Waals surface area contributed by atoms with E-state index >= 15 is 0 Å². The SMILES string of the molecule is Cc1cc(C)c(C2(O)CC3CCC(C2)S3)cc1C. The van der Waals surface area contributed by atoms with E-state index in [0.717, 1.165) is 12.8 Å². The second kappa shape index (κ2) is 4.28. The summed E-state index contributed by atoms with van der Waals surface area (Å²) >= 11 is 2.10. The summed E-state index contributed by atoms with van der Waals surface area (Å²) in [6.07, 6.45) is 4.47. The standard InChI is InChI=1S/C16H22OS/c1-10-6-12(3)15(7-11(10)2)16(17)8-13-4-5-14(9-16)18-13/h6-7,13-14,17H,4-5,8-9H2,1-3H3. The molecule has 1 aromatic rings. The van der Waals surface area contributed by atoms with Gasteiger partial charge in [0.25, 0.3) is 0 Å². The van der Waals surface area contributed by atoms with Crippen LogP contribution >= 0.6 is 11.8 Å². The molecule has 2 bridgehead atoms. The zero-order chi connectivity index (χ0) is 12.9. The average molecular weight is 262 g/mol. The molecule has 2 heterocycles. The first-order valence-corrected chi connectivity index (χ1v) is 7.88. The lowest BCUT2D eigenvalue weighted by atomic mass is 9.82. The number of rotatable bonds is 1. The maximum absolute atomic E-state index is 11.1. The monoisotopic (exact) mass is 262 g/mol. The van der Waals surface area contributed by atoms with Gasteiger partial charge in [-0.2, -0.15) is 11.8 Å². The molecule has 2 aliphatic rings. The van der Waals surface area contributed by atoms with Gasteiger partial charge >= 0.3 is 0 Å². The third-order valence-corrected chi connectivity index (χ3v) is 6.24. The zero-order valence-electron chi connectivity index (χ0n) is 11.5. The van der Waals surface area contributed by atoms with Crippen molar-refractivity contribution in [3.63, 3.8) is 0 Å². The van der Waals surface area contributed by atoms with Gasteiger partial charge in [0.15, 0.2) is 0 Å². The first kappa shape index (κ1) is 12.6. The Hall–Kier alpha value is -0.470. The lowest BCUT2D eigenvalue weighted by molar-refractivity contribution is 0.0190. The van der Waals surface area contributed by atoms with Gasteiger partial charge in [0.1, 0.15) is 0 Å². The summed E-state index contributed by atoms with van der Waals surface area (Å²) in [6, 6.07) is 4.45. The molecule has 2 aliphatic heterocycles. The van der Waals surface area contributed by atoms with E-state index in [1.807, 2.05) is 0 Å². The van der Waals surface area contributed by atoms with E-state index in [9.17, 15) is 5.11 Å². The van der Waals surface area contributed by atoms with Crippen LogP contribution in [0.3, 0.4) is 0 Å². The van der Waals surface area contributed by atoms with Crippen LogP contribution in [-0.4, -0.2) is 15.6 Å². The number of hydrogen-bond acceptors (Lipinski definition) is 2. The van der Waals surface area contributed by atoms with E-state index in [2.05, 4.69) is 44.7 Å². The maximum Gasteiger partial charge on any atom is 0.0920 e. The van der Waals surface area contributed by atoms with E-state index < -0.39 is 5.60 Å². The Bertz CT molecular complexity index is 468. The third kappa shape index (κ3) is 2.00. The van der Waals surface area contributed by atoms with Crippen LogP contribution in [-0.2, 0) is 5.60 Å². The summed E-state index contributed by atoms with van der Waals surface area (Å²) in [4.78, 5) is 0. The molecule has 1 aromatic carbocycles. The summed E-state index contributed by atoms with van der Waals surface area (Å²) in [5.41, 5.74) is 4.50. The van der Waals surface area contributed by atoms with Gasteiger partial charge < -0.3 is 5.11 Å². The minimum atomic E-state index is -0.570. The predicted octanol–water partition coefficient (Wildman–Crippen LogP) is 3.86. The summed E-state index contributed by atoms with van der Waals surface area (Å²) < 4.78 is 0. The summed E-state index contributed by atoms with van der Waals surface area (Å²) in [5.74, 6) is 0. The smallest absolute Gasteiger partial charge is 0.0920 e. The molecular weight excluding hydrogens is 240 g/mol. The summed E-state index contributed by atoms with van der Waals surface area (Å²) in [6.45, 7) is 6.44. The van der Waals surface area contributed by atoms with Crippen molar-refractivity contribution in [1.29, 1.82) is 0 Å². The molecule has 0 aromatic heterocycles. The van der Waals surface area contributed by atoms with Crippen molar-refractivity contribution in [2.45, 2.75) is 62.6 Å². The Morgan fingerprint density at radius 3 is 2.17 bits per heavy atom. The van der Waals surface area contributed by atoms with Crippen molar-refractivity contribution >= 4 is 11.8 Å². The van der Waals surface area contributed by atoms with Crippen LogP contribution in [0, 0.1) is 20.8 Å². The highest BCUT2D eigenvalue weighted by atomic mass is 32.2. The van der Waals surface area contributed by atoms with Crippen LogP contribution in [0.2, 0.25) is 0 Å². The highest BCUT2D eigenvalue weighted by molar-refractivity contribution is 8.00. The quantitative estimate of drug-likeness (QED) is 0.829. The number of aliphatic hydroxyl groups is 1. The molecule has 0 radical (unpaired) electrons. The van der Waals surface area contributed by atoms with Gasteiger partial charge in [0.2, 0.25) is 0 Å². The Morgan fingerprint density at radius 2 is 1.56 bits per heavy atom. The average Bonchev–Trinajstić information content (AvgIpc) is 2.64. The zero-order valence-corrected chi connectivity index (χ0v) is 12.3. The predicted molar refractivity (Wildman–Crippen MR) is 78.2 cm³/mol. The van der Waals surface area contributed by atoms with Crippen LogP contribution in [0.15, 0.2) is 12.1 Å². The van der Waals surface area contributed by atoms with Gasteiger partial charge in [0, 0.05) is 10.5 Å². The number of hydrogen-bond donors (Lipinski definition) is 1. The molecule has 2 unspecified atom stereocenters. The van der Waals surface area contributed by atoms with Gasteiger partial charge in [-0.05, 0) is 68.7 Å². The van der Waals surface area contributed by atoms with Gasteiger partial charge in [-0.3, -0.25) is 0 Å². The van der Waals surface area contributed by atoms with E-state index in [-0.39, 0.29) is 0 Å². The number of benzene rings is 1. The van der Waals surface area contributed by atoms with Crippen LogP contribution in [0.1, 0.15) is 47.9 Å². The molecule has 0 amide bonds. The van der Waals surface area contributed by atoms with Crippen molar-refractivity contribution in [2.75, 3.05) is 0 Å². The van der Waals surface area contributed by atoms with E-state index in [1.54, 1.807) is 0 Å². The van der Waals surface area contributed by atoms with Crippen molar-refractivity contribution in [3.05, 3.63) is 34.4 Å². The van der Waals surface area contributed by atoms with Crippen LogP contribution in [0.4, 0.5) is 0 Å². The highest BCUT2D eigenvalue weighted by Gasteiger charge is 2.44. The molecule has 2 saturated heterocycles. The van der Waals surface area contributed by atoms with Crippen LogP contribution in [0.5, 0.6) is 0 Å².